The summed E-state index contributed by atoms with van der Waals surface area (Å²) < 4.78 is 12.6. The predicted molar refractivity (Wildman–Crippen MR) is 125 cm³/mol. The van der Waals surface area contributed by atoms with Crippen LogP contribution in [0.1, 0.15) is 31.4 Å². The first kappa shape index (κ1) is 22.4. The third kappa shape index (κ3) is 5.26. The van der Waals surface area contributed by atoms with Crippen LogP contribution in [0, 0.1) is 3.57 Å². The van der Waals surface area contributed by atoms with Crippen molar-refractivity contribution in [1.29, 1.82) is 0 Å². The van der Waals surface area contributed by atoms with Gasteiger partial charge in [0.25, 0.3) is 5.91 Å². The highest BCUT2D eigenvalue weighted by Gasteiger charge is 2.32. The number of urea groups is 1. The number of ether oxygens (including phenoxy) is 2. The number of hydrogen-bond donors (Lipinski definition) is 1. The molecule has 0 saturated carbocycles. The van der Waals surface area contributed by atoms with Crippen molar-refractivity contribution in [3.63, 3.8) is 0 Å². The van der Waals surface area contributed by atoms with Gasteiger partial charge in [0.1, 0.15) is 12.3 Å². The Balaban J connectivity index is 1.85. The Labute approximate surface area is 194 Å². The van der Waals surface area contributed by atoms with E-state index < -0.39 is 6.03 Å². The lowest BCUT2D eigenvalue weighted by Gasteiger charge is -2.15. The van der Waals surface area contributed by atoms with Crippen molar-refractivity contribution < 1.29 is 19.1 Å². The van der Waals surface area contributed by atoms with Crippen LogP contribution in [0.4, 0.5) is 4.79 Å². The van der Waals surface area contributed by atoms with Crippen LogP contribution in [-0.4, -0.2) is 30.0 Å². The fourth-order valence-electron chi connectivity index (χ4n) is 2.98. The van der Waals surface area contributed by atoms with Gasteiger partial charge in [-0.2, -0.15) is 0 Å². The molecule has 1 fully saturated rings. The van der Waals surface area contributed by atoms with Gasteiger partial charge in [-0.05, 0) is 77.4 Å². The lowest BCUT2D eigenvalue weighted by Crippen LogP contribution is -2.31. The largest absolute Gasteiger partial charge is 0.490 e. The first-order chi connectivity index (χ1) is 14.4. The number of rotatable bonds is 8. The predicted octanol–water partition coefficient (Wildman–Crippen LogP) is 5.23. The monoisotopic (exact) mass is 540 g/mol. The molecule has 0 aromatic heterocycles. The van der Waals surface area contributed by atoms with E-state index in [1.54, 1.807) is 12.1 Å². The fraction of sp³-hybridized carbons (Fsp3) is 0.273. The summed E-state index contributed by atoms with van der Waals surface area (Å²) in [5.74, 6) is 0.884. The highest BCUT2D eigenvalue weighted by Crippen LogP contribution is 2.35. The van der Waals surface area contributed by atoms with Gasteiger partial charge in [0.2, 0.25) is 0 Å². The van der Waals surface area contributed by atoms with E-state index >= 15 is 0 Å². The summed E-state index contributed by atoms with van der Waals surface area (Å²) in [6, 6.07) is 10.7. The van der Waals surface area contributed by atoms with Gasteiger partial charge in [-0.25, -0.2) is 4.79 Å². The molecule has 8 heteroatoms. The van der Waals surface area contributed by atoms with Crippen LogP contribution in [0.2, 0.25) is 5.02 Å². The molecule has 0 atom stereocenters. The lowest BCUT2D eigenvalue weighted by molar-refractivity contribution is -0.122. The molecule has 158 valence electrons. The van der Waals surface area contributed by atoms with Gasteiger partial charge in [0.15, 0.2) is 11.5 Å². The number of hydrogen-bond acceptors (Lipinski definition) is 4. The molecule has 2 aromatic carbocycles. The number of benzene rings is 2. The van der Waals surface area contributed by atoms with Gasteiger partial charge in [-0.15, -0.1) is 0 Å². The SMILES string of the molecule is CCCN1C(=O)N/C(=C/c2cc(I)c(OCc3ccc(Cl)cc3)c(OCC)c2)C1=O. The van der Waals surface area contributed by atoms with Gasteiger partial charge in [0, 0.05) is 11.6 Å². The second-order valence-electron chi connectivity index (χ2n) is 6.62. The maximum atomic E-state index is 12.5. The van der Waals surface area contributed by atoms with Crippen molar-refractivity contribution >= 4 is 52.2 Å². The maximum absolute atomic E-state index is 12.5. The summed E-state index contributed by atoms with van der Waals surface area (Å²) in [4.78, 5) is 25.7. The zero-order valence-corrected chi connectivity index (χ0v) is 19.6. The van der Waals surface area contributed by atoms with Crippen LogP contribution < -0.4 is 14.8 Å². The standard InChI is InChI=1S/C22H22ClIN2O4/c1-3-9-26-21(27)18(25-22(26)28)11-15-10-17(24)20(19(12-15)29-4-2)30-13-14-5-7-16(23)8-6-14/h5-8,10-12H,3-4,9,13H2,1-2H3,(H,25,28)/b18-11+. The maximum Gasteiger partial charge on any atom is 0.329 e. The summed E-state index contributed by atoms with van der Waals surface area (Å²) in [6.45, 7) is 5.04. The first-order valence-electron chi connectivity index (χ1n) is 9.61. The Kier molecular flexibility index (Phi) is 7.60. The normalized spacial score (nSPS) is 14.9. The number of carbonyl (C=O) groups is 2. The summed E-state index contributed by atoms with van der Waals surface area (Å²) in [5.41, 5.74) is 1.98. The average Bonchev–Trinajstić information content (AvgIpc) is 2.97. The second-order valence-corrected chi connectivity index (χ2v) is 8.22. The second kappa shape index (κ2) is 10.2. The summed E-state index contributed by atoms with van der Waals surface area (Å²) in [6.07, 6.45) is 2.36. The number of nitrogens with zero attached hydrogens (tertiary/aromatic N) is 1. The Hall–Kier alpha value is -2.26. The highest BCUT2D eigenvalue weighted by atomic mass is 127. The molecule has 1 aliphatic heterocycles. The van der Waals surface area contributed by atoms with Crippen molar-refractivity contribution in [3.05, 3.63) is 61.8 Å². The van der Waals surface area contributed by atoms with E-state index in [2.05, 4.69) is 27.9 Å². The van der Waals surface area contributed by atoms with E-state index in [9.17, 15) is 9.59 Å². The van der Waals surface area contributed by atoms with Crippen molar-refractivity contribution in [2.24, 2.45) is 0 Å². The quantitative estimate of drug-likeness (QED) is 0.283. The van der Waals surface area contributed by atoms with E-state index in [0.717, 1.165) is 14.7 Å². The molecule has 0 spiro atoms. The van der Waals surface area contributed by atoms with Crippen LogP contribution in [0.15, 0.2) is 42.1 Å². The zero-order valence-electron chi connectivity index (χ0n) is 16.7. The Morgan fingerprint density at radius 3 is 2.53 bits per heavy atom. The molecule has 0 aliphatic carbocycles. The first-order valence-corrected chi connectivity index (χ1v) is 11.1. The molecule has 3 rings (SSSR count). The zero-order chi connectivity index (χ0) is 21.7. The molecule has 1 heterocycles. The molecule has 30 heavy (non-hydrogen) atoms. The molecule has 2 aromatic rings. The van der Waals surface area contributed by atoms with E-state index in [1.165, 1.54) is 4.90 Å². The van der Waals surface area contributed by atoms with Crippen molar-refractivity contribution in [3.8, 4) is 11.5 Å². The third-order valence-corrected chi connectivity index (χ3v) is 5.40. The summed E-state index contributed by atoms with van der Waals surface area (Å²) in [7, 11) is 0. The number of imide groups is 1. The molecular formula is C22H22ClIN2O4. The topological polar surface area (TPSA) is 67.9 Å². The van der Waals surface area contributed by atoms with Gasteiger partial charge in [-0.1, -0.05) is 30.7 Å². The van der Waals surface area contributed by atoms with Crippen LogP contribution >= 0.6 is 34.2 Å². The minimum atomic E-state index is -0.393. The molecular weight excluding hydrogens is 519 g/mol. The Morgan fingerprint density at radius 2 is 1.87 bits per heavy atom. The van der Waals surface area contributed by atoms with Gasteiger partial charge in [-0.3, -0.25) is 9.69 Å². The van der Waals surface area contributed by atoms with Gasteiger partial charge in [0.05, 0.1) is 10.2 Å². The smallest absolute Gasteiger partial charge is 0.329 e. The molecule has 1 N–H and O–H groups in total. The molecule has 1 aliphatic rings. The number of carbonyl (C=O) groups excluding carboxylic acids is 2. The molecule has 0 bridgehead atoms. The molecule has 0 unspecified atom stereocenters. The number of nitrogens with one attached hydrogen (secondary N) is 1. The van der Waals surface area contributed by atoms with Crippen LogP contribution in [-0.2, 0) is 11.4 Å². The van der Waals surface area contributed by atoms with E-state index in [4.69, 9.17) is 21.1 Å². The van der Waals surface area contributed by atoms with Crippen molar-refractivity contribution in [2.75, 3.05) is 13.2 Å². The van der Waals surface area contributed by atoms with E-state index in [0.29, 0.717) is 42.7 Å². The molecule has 0 radical (unpaired) electrons. The van der Waals surface area contributed by atoms with Crippen LogP contribution in [0.5, 0.6) is 11.5 Å². The van der Waals surface area contributed by atoms with E-state index in [1.807, 2.05) is 44.2 Å². The van der Waals surface area contributed by atoms with Crippen LogP contribution in [0.25, 0.3) is 6.08 Å². The van der Waals surface area contributed by atoms with E-state index in [-0.39, 0.29) is 11.6 Å². The number of halogens is 2. The van der Waals surface area contributed by atoms with Crippen LogP contribution in [0.3, 0.4) is 0 Å². The highest BCUT2D eigenvalue weighted by molar-refractivity contribution is 14.1. The minimum Gasteiger partial charge on any atom is -0.490 e. The Bertz CT molecular complexity index is 976. The summed E-state index contributed by atoms with van der Waals surface area (Å²) >= 11 is 8.11. The molecule has 1 saturated heterocycles. The average molecular weight is 541 g/mol. The van der Waals surface area contributed by atoms with Gasteiger partial charge >= 0.3 is 6.03 Å². The lowest BCUT2D eigenvalue weighted by atomic mass is 10.1. The Morgan fingerprint density at radius 1 is 1.13 bits per heavy atom. The molecule has 3 amide bonds. The molecule has 6 nitrogen and oxygen atoms in total. The van der Waals surface area contributed by atoms with Gasteiger partial charge < -0.3 is 14.8 Å². The fourth-order valence-corrected chi connectivity index (χ4v) is 3.88. The van der Waals surface area contributed by atoms with Crippen molar-refractivity contribution in [1.82, 2.24) is 10.2 Å². The number of amides is 3. The minimum absolute atomic E-state index is 0.251. The third-order valence-electron chi connectivity index (χ3n) is 4.35. The summed E-state index contributed by atoms with van der Waals surface area (Å²) in [5, 5.41) is 3.31. The van der Waals surface area contributed by atoms with Crippen molar-refractivity contribution in [2.45, 2.75) is 26.9 Å².